The van der Waals surface area contributed by atoms with Crippen molar-refractivity contribution >= 4 is 23.8 Å². The standard InChI is InChI=1S/C18H22N2O9/c1-10(16(23)11-3-5-13-14(7-11)27-8-26-13)20(2)18(25)29-9-28-17(24)12(19)4-6-15(21)22/h3,5,7,10,12H,4,6,8-9,19H2,1-2H3,(H,21,22). The predicted molar refractivity (Wildman–Crippen MR) is 96.4 cm³/mol. The number of carbonyl (C=O) groups excluding carboxylic acids is 3. The van der Waals surface area contributed by atoms with Gasteiger partial charge in [-0.1, -0.05) is 0 Å². The van der Waals surface area contributed by atoms with E-state index in [1.54, 1.807) is 12.1 Å². The van der Waals surface area contributed by atoms with Crippen LogP contribution >= 0.6 is 0 Å². The highest BCUT2D eigenvalue weighted by Gasteiger charge is 2.26. The van der Waals surface area contributed by atoms with Crippen molar-refractivity contribution in [2.45, 2.75) is 31.8 Å². The topological polar surface area (TPSA) is 155 Å². The normalized spacial score (nSPS) is 13.9. The number of rotatable bonds is 9. The molecule has 0 spiro atoms. The van der Waals surface area contributed by atoms with Crippen molar-refractivity contribution in [2.24, 2.45) is 5.73 Å². The Morgan fingerprint density at radius 1 is 1.21 bits per heavy atom. The number of carboxylic acid groups (broad SMARTS) is 1. The maximum absolute atomic E-state index is 12.6. The number of nitrogens with two attached hydrogens (primary N) is 1. The number of benzene rings is 1. The lowest BCUT2D eigenvalue weighted by Gasteiger charge is -2.23. The van der Waals surface area contributed by atoms with E-state index in [9.17, 15) is 19.2 Å². The fourth-order valence-electron chi connectivity index (χ4n) is 2.37. The number of ketones is 1. The van der Waals surface area contributed by atoms with E-state index in [1.807, 2.05) is 0 Å². The third-order valence-electron chi connectivity index (χ3n) is 4.26. The average Bonchev–Trinajstić information content (AvgIpc) is 3.17. The summed E-state index contributed by atoms with van der Waals surface area (Å²) in [5.41, 5.74) is 5.81. The van der Waals surface area contributed by atoms with E-state index < -0.39 is 36.9 Å². The summed E-state index contributed by atoms with van der Waals surface area (Å²) in [7, 11) is 1.36. The van der Waals surface area contributed by atoms with E-state index >= 15 is 0 Å². The van der Waals surface area contributed by atoms with Crippen LogP contribution in [0.3, 0.4) is 0 Å². The first-order valence-corrected chi connectivity index (χ1v) is 8.68. The maximum Gasteiger partial charge on any atom is 0.413 e. The van der Waals surface area contributed by atoms with Crippen LogP contribution in [0.1, 0.15) is 30.1 Å². The zero-order valence-electron chi connectivity index (χ0n) is 16.0. The number of ether oxygens (including phenoxy) is 4. The highest BCUT2D eigenvalue weighted by molar-refractivity contribution is 6.01. The van der Waals surface area contributed by atoms with Crippen LogP contribution in [0.15, 0.2) is 18.2 Å². The molecule has 1 aliphatic rings. The Hall–Kier alpha value is -3.34. The van der Waals surface area contributed by atoms with Crippen LogP contribution in [0.2, 0.25) is 0 Å². The third kappa shape index (κ3) is 5.82. The van der Waals surface area contributed by atoms with Gasteiger partial charge in [0.2, 0.25) is 13.6 Å². The summed E-state index contributed by atoms with van der Waals surface area (Å²) in [5.74, 6) is -1.37. The van der Waals surface area contributed by atoms with Crippen molar-refractivity contribution in [3.8, 4) is 11.5 Å². The van der Waals surface area contributed by atoms with Gasteiger partial charge in [-0.25, -0.2) is 4.79 Å². The number of carbonyl (C=O) groups is 4. The lowest BCUT2D eigenvalue weighted by Crippen LogP contribution is -2.41. The van der Waals surface area contributed by atoms with Gasteiger partial charge in [0.25, 0.3) is 0 Å². The predicted octanol–water partition coefficient (Wildman–Crippen LogP) is 0.748. The Morgan fingerprint density at radius 2 is 1.90 bits per heavy atom. The van der Waals surface area contributed by atoms with Crippen LogP contribution in [-0.4, -0.2) is 66.5 Å². The summed E-state index contributed by atoms with van der Waals surface area (Å²) in [6, 6.07) is 2.69. The fourth-order valence-corrected chi connectivity index (χ4v) is 2.37. The number of hydrogen-bond donors (Lipinski definition) is 2. The van der Waals surface area contributed by atoms with Gasteiger partial charge in [-0.15, -0.1) is 0 Å². The van der Waals surface area contributed by atoms with E-state index in [0.717, 1.165) is 4.90 Å². The van der Waals surface area contributed by atoms with Gasteiger partial charge < -0.3 is 34.7 Å². The summed E-state index contributed by atoms with van der Waals surface area (Å²) in [5, 5.41) is 8.56. The molecule has 0 radical (unpaired) electrons. The second kappa shape index (κ2) is 9.73. The lowest BCUT2D eigenvalue weighted by atomic mass is 10.0. The zero-order valence-corrected chi connectivity index (χ0v) is 16.0. The van der Waals surface area contributed by atoms with Crippen LogP contribution in [0.25, 0.3) is 0 Å². The van der Waals surface area contributed by atoms with Gasteiger partial charge in [0.1, 0.15) is 6.04 Å². The number of carboxylic acids is 1. The van der Waals surface area contributed by atoms with Crippen molar-refractivity contribution in [1.82, 2.24) is 4.90 Å². The number of amides is 1. The van der Waals surface area contributed by atoms with Crippen LogP contribution in [0.4, 0.5) is 4.79 Å². The highest BCUT2D eigenvalue weighted by Crippen LogP contribution is 2.33. The van der Waals surface area contributed by atoms with Gasteiger partial charge in [0.05, 0.1) is 6.04 Å². The summed E-state index contributed by atoms with van der Waals surface area (Å²) < 4.78 is 19.9. The van der Waals surface area contributed by atoms with Crippen molar-refractivity contribution in [3.63, 3.8) is 0 Å². The molecule has 1 aromatic rings. The molecule has 1 aliphatic heterocycles. The van der Waals surface area contributed by atoms with E-state index in [1.165, 1.54) is 20.0 Å². The van der Waals surface area contributed by atoms with Crippen LogP contribution in [0.5, 0.6) is 11.5 Å². The molecule has 1 heterocycles. The molecule has 0 saturated carbocycles. The quantitative estimate of drug-likeness (QED) is 0.338. The second-order valence-corrected chi connectivity index (χ2v) is 6.25. The molecule has 1 amide bonds. The molecule has 0 saturated heterocycles. The van der Waals surface area contributed by atoms with Crippen molar-refractivity contribution in [2.75, 3.05) is 20.6 Å². The number of fused-ring (bicyclic) bond motifs is 1. The fraction of sp³-hybridized carbons (Fsp3) is 0.444. The molecule has 0 bridgehead atoms. The third-order valence-corrected chi connectivity index (χ3v) is 4.26. The van der Waals surface area contributed by atoms with Crippen molar-refractivity contribution < 1.29 is 43.2 Å². The van der Waals surface area contributed by atoms with E-state index in [0.29, 0.717) is 17.1 Å². The molecular weight excluding hydrogens is 388 g/mol. The average molecular weight is 410 g/mol. The monoisotopic (exact) mass is 410 g/mol. The van der Waals surface area contributed by atoms with Crippen LogP contribution < -0.4 is 15.2 Å². The first-order chi connectivity index (χ1) is 13.7. The Kier molecular flexibility index (Phi) is 7.37. The molecule has 158 valence electrons. The maximum atomic E-state index is 12.6. The number of Topliss-reactive ketones (excluding diaryl/α,β-unsaturated/α-hetero) is 1. The van der Waals surface area contributed by atoms with Crippen LogP contribution in [-0.2, 0) is 19.1 Å². The largest absolute Gasteiger partial charge is 0.481 e. The first-order valence-electron chi connectivity index (χ1n) is 8.68. The number of esters is 1. The smallest absolute Gasteiger partial charge is 0.413 e. The number of hydrogen-bond acceptors (Lipinski definition) is 9. The molecule has 11 heteroatoms. The molecule has 0 aliphatic carbocycles. The Bertz CT molecular complexity index is 796. The Labute approximate surface area is 166 Å². The summed E-state index contributed by atoms with van der Waals surface area (Å²) in [6.45, 7) is 0.878. The molecule has 0 aromatic heterocycles. The first kappa shape index (κ1) is 22.0. The molecule has 29 heavy (non-hydrogen) atoms. The molecule has 3 N–H and O–H groups in total. The molecule has 2 atom stereocenters. The summed E-state index contributed by atoms with van der Waals surface area (Å²) >= 11 is 0. The highest BCUT2D eigenvalue weighted by atomic mass is 16.7. The number of likely N-dealkylation sites (N-methyl/N-ethyl adjacent to an activating group) is 1. The number of aliphatic carboxylic acids is 1. The molecule has 11 nitrogen and oxygen atoms in total. The van der Waals surface area contributed by atoms with Gasteiger partial charge in [-0.2, -0.15) is 0 Å². The summed E-state index contributed by atoms with van der Waals surface area (Å²) in [4.78, 5) is 47.8. The zero-order chi connectivity index (χ0) is 21.6. The van der Waals surface area contributed by atoms with Gasteiger partial charge >= 0.3 is 18.0 Å². The molecule has 2 rings (SSSR count). The second-order valence-electron chi connectivity index (χ2n) is 6.25. The van der Waals surface area contributed by atoms with Crippen molar-refractivity contribution in [3.05, 3.63) is 23.8 Å². The minimum absolute atomic E-state index is 0.0768. The van der Waals surface area contributed by atoms with E-state index in [4.69, 9.17) is 29.8 Å². The van der Waals surface area contributed by atoms with Gasteiger partial charge in [-0.05, 0) is 31.5 Å². The van der Waals surface area contributed by atoms with Crippen LogP contribution in [0, 0.1) is 0 Å². The molecular formula is C18H22N2O9. The van der Waals surface area contributed by atoms with Crippen molar-refractivity contribution in [1.29, 1.82) is 0 Å². The van der Waals surface area contributed by atoms with Gasteiger partial charge in [0.15, 0.2) is 17.3 Å². The Morgan fingerprint density at radius 3 is 2.59 bits per heavy atom. The van der Waals surface area contributed by atoms with Gasteiger partial charge in [-0.3, -0.25) is 14.4 Å². The summed E-state index contributed by atoms with van der Waals surface area (Å²) in [6.07, 6.45) is -1.29. The Balaban J connectivity index is 1.82. The van der Waals surface area contributed by atoms with E-state index in [-0.39, 0.29) is 25.4 Å². The minimum Gasteiger partial charge on any atom is -0.481 e. The minimum atomic E-state index is -1.14. The van der Waals surface area contributed by atoms with Gasteiger partial charge in [0, 0.05) is 19.0 Å². The molecule has 1 aromatic carbocycles. The van der Waals surface area contributed by atoms with E-state index in [2.05, 4.69) is 0 Å². The lowest BCUT2D eigenvalue weighted by molar-refractivity contribution is -0.154. The SMILES string of the molecule is CC(C(=O)c1ccc2c(c1)OCO2)N(C)C(=O)OCOC(=O)C(N)CCC(=O)O. The molecule has 0 fully saturated rings. The molecule has 2 unspecified atom stereocenters. The number of nitrogens with zero attached hydrogens (tertiary/aromatic N) is 1.